The van der Waals surface area contributed by atoms with Crippen molar-refractivity contribution >= 4 is 5.97 Å². The molecule has 0 rings (SSSR count). The van der Waals surface area contributed by atoms with Gasteiger partial charge in [0, 0.05) is 6.54 Å². The molecule has 0 fully saturated rings. The van der Waals surface area contributed by atoms with E-state index in [1.807, 2.05) is 0 Å². The fourth-order valence-electron chi connectivity index (χ4n) is 1.78. The van der Waals surface area contributed by atoms with Crippen LogP contribution in [0.1, 0.15) is 13.3 Å². The number of alkyl halides is 13. The Kier molecular flexibility index (Phi) is 7.54. The molecular formula is C12H12F13NO3. The molecule has 2 atom stereocenters. The second kappa shape index (κ2) is 7.96. The number of hydrogen-bond acceptors (Lipinski definition) is 3. The zero-order valence-electron chi connectivity index (χ0n) is 13.8. The molecule has 0 bridgehead atoms. The summed E-state index contributed by atoms with van der Waals surface area (Å²) in [5.41, 5.74) is 0. The minimum atomic E-state index is -8.06. The average molecular weight is 465 g/mol. The Hall–Kier alpha value is -1.52. The van der Waals surface area contributed by atoms with Gasteiger partial charge in [-0.1, -0.05) is 6.92 Å². The quantitative estimate of drug-likeness (QED) is 0.432. The molecule has 3 N–H and O–H groups in total. The molecule has 0 saturated carbocycles. The monoisotopic (exact) mass is 465 g/mol. The van der Waals surface area contributed by atoms with E-state index in [4.69, 9.17) is 10.2 Å². The summed E-state index contributed by atoms with van der Waals surface area (Å²) in [6.07, 6.45) is -12.1. The first-order valence-electron chi connectivity index (χ1n) is 7.14. The summed E-state index contributed by atoms with van der Waals surface area (Å²) in [4.78, 5) is 10.6. The number of aliphatic hydroxyl groups is 1. The minimum absolute atomic E-state index is 0.434. The standard InChI is InChI=1S/C12H12F13NO3/c1-2-4(6(28)29)26-3-5(27)7(13,14)8(15,16)9(17,18)10(19,20)11(21,22)12(23,24)25/h4-5,26-27H,2-3H2,1H3,(H,28,29)/t4-,5+/m0/s1. The van der Waals surface area contributed by atoms with Crippen molar-refractivity contribution in [3.05, 3.63) is 0 Å². The van der Waals surface area contributed by atoms with Gasteiger partial charge in [0.2, 0.25) is 0 Å². The summed E-state index contributed by atoms with van der Waals surface area (Å²) < 4.78 is 168. The Bertz CT molecular complexity index is 590. The maximum Gasteiger partial charge on any atom is 0.460 e. The molecule has 29 heavy (non-hydrogen) atoms. The van der Waals surface area contributed by atoms with Crippen LogP contribution < -0.4 is 5.32 Å². The van der Waals surface area contributed by atoms with Gasteiger partial charge < -0.3 is 15.5 Å². The molecule has 0 radical (unpaired) electrons. The first-order valence-corrected chi connectivity index (χ1v) is 7.14. The van der Waals surface area contributed by atoms with E-state index < -0.39 is 66.9 Å². The number of rotatable bonds is 10. The summed E-state index contributed by atoms with van der Waals surface area (Å²) in [5.74, 6) is -40.1. The third-order valence-corrected chi connectivity index (χ3v) is 3.64. The second-order valence-corrected chi connectivity index (χ2v) is 5.64. The minimum Gasteiger partial charge on any atom is -0.480 e. The van der Waals surface area contributed by atoms with Gasteiger partial charge >= 0.3 is 41.8 Å². The van der Waals surface area contributed by atoms with Gasteiger partial charge in [0.1, 0.15) is 12.1 Å². The van der Waals surface area contributed by atoms with E-state index in [0.29, 0.717) is 0 Å². The number of carboxylic acids is 1. The van der Waals surface area contributed by atoms with Crippen molar-refractivity contribution in [3.63, 3.8) is 0 Å². The van der Waals surface area contributed by atoms with Crippen LogP contribution in [0.15, 0.2) is 0 Å². The van der Waals surface area contributed by atoms with Gasteiger partial charge in [0.05, 0.1) is 0 Å². The first-order chi connectivity index (χ1) is 12.5. The smallest absolute Gasteiger partial charge is 0.460 e. The highest BCUT2D eigenvalue weighted by molar-refractivity contribution is 5.73. The summed E-state index contributed by atoms with van der Waals surface area (Å²) in [5, 5.41) is 19.0. The lowest BCUT2D eigenvalue weighted by Gasteiger charge is -2.40. The van der Waals surface area contributed by atoms with E-state index in [2.05, 4.69) is 0 Å². The van der Waals surface area contributed by atoms with Crippen molar-refractivity contribution in [3.8, 4) is 0 Å². The van der Waals surface area contributed by atoms with E-state index >= 15 is 0 Å². The number of nitrogens with one attached hydrogen (secondary N) is 1. The predicted molar refractivity (Wildman–Crippen MR) is 66.5 cm³/mol. The molecule has 0 heterocycles. The fourth-order valence-corrected chi connectivity index (χ4v) is 1.78. The van der Waals surface area contributed by atoms with Crippen LogP contribution in [0.4, 0.5) is 57.1 Å². The molecule has 0 aliphatic heterocycles. The van der Waals surface area contributed by atoms with Crippen LogP contribution in [-0.2, 0) is 4.79 Å². The molecule has 0 spiro atoms. The number of carbonyl (C=O) groups is 1. The topological polar surface area (TPSA) is 69.6 Å². The van der Waals surface area contributed by atoms with E-state index in [-0.39, 0.29) is 0 Å². The third kappa shape index (κ3) is 4.34. The van der Waals surface area contributed by atoms with Gasteiger partial charge in [-0.15, -0.1) is 0 Å². The zero-order valence-corrected chi connectivity index (χ0v) is 13.8. The van der Waals surface area contributed by atoms with Crippen LogP contribution >= 0.6 is 0 Å². The highest BCUT2D eigenvalue weighted by Crippen LogP contribution is 2.60. The molecule has 4 nitrogen and oxygen atoms in total. The average Bonchev–Trinajstić information content (AvgIpc) is 2.52. The van der Waals surface area contributed by atoms with Gasteiger partial charge in [-0.05, 0) is 6.42 Å². The van der Waals surface area contributed by atoms with Gasteiger partial charge in [-0.25, -0.2) is 0 Å². The zero-order chi connectivity index (χ0) is 23.9. The van der Waals surface area contributed by atoms with Crippen LogP contribution in [0.25, 0.3) is 0 Å². The SMILES string of the molecule is CC[C@H](NC[C@@H](O)C(F)(F)C(F)(F)C(F)(F)C(F)(F)C(F)(F)C(F)(F)F)C(=O)O. The van der Waals surface area contributed by atoms with Crippen molar-refractivity contribution in [1.82, 2.24) is 5.32 Å². The summed E-state index contributed by atoms with van der Waals surface area (Å²) in [6.45, 7) is -0.858. The lowest BCUT2D eigenvalue weighted by atomic mass is 9.91. The Morgan fingerprint density at radius 2 is 1.17 bits per heavy atom. The van der Waals surface area contributed by atoms with Crippen molar-refractivity contribution in [2.24, 2.45) is 0 Å². The lowest BCUT2D eigenvalue weighted by Crippen LogP contribution is -2.72. The molecule has 17 heteroatoms. The number of aliphatic carboxylic acids is 1. The lowest BCUT2D eigenvalue weighted by molar-refractivity contribution is -0.444. The van der Waals surface area contributed by atoms with Crippen molar-refractivity contribution in [1.29, 1.82) is 0 Å². The Labute approximate surface area is 152 Å². The number of carboxylic acid groups (broad SMARTS) is 1. The highest BCUT2D eigenvalue weighted by atomic mass is 19.4. The molecule has 0 aliphatic carbocycles. The van der Waals surface area contributed by atoms with Crippen LogP contribution in [-0.4, -0.2) is 70.7 Å². The van der Waals surface area contributed by atoms with Gasteiger partial charge in [0.15, 0.2) is 0 Å². The normalized spacial score (nSPS) is 17.2. The molecule has 0 aliphatic rings. The third-order valence-electron chi connectivity index (χ3n) is 3.64. The van der Waals surface area contributed by atoms with Crippen molar-refractivity contribution in [2.75, 3.05) is 6.54 Å². The summed E-state index contributed by atoms with van der Waals surface area (Å²) >= 11 is 0. The first kappa shape index (κ1) is 27.5. The van der Waals surface area contributed by atoms with Gasteiger partial charge in [-0.2, -0.15) is 57.1 Å². The van der Waals surface area contributed by atoms with Crippen LogP contribution in [0.3, 0.4) is 0 Å². The molecule has 0 aromatic rings. The van der Waals surface area contributed by atoms with E-state index in [1.54, 1.807) is 0 Å². The highest BCUT2D eigenvalue weighted by Gasteiger charge is 2.91. The van der Waals surface area contributed by atoms with Crippen LogP contribution in [0.2, 0.25) is 0 Å². The van der Waals surface area contributed by atoms with E-state index in [9.17, 15) is 61.9 Å². The van der Waals surface area contributed by atoms with Gasteiger partial charge in [0.25, 0.3) is 0 Å². The molecular weight excluding hydrogens is 453 g/mol. The van der Waals surface area contributed by atoms with E-state index in [1.165, 1.54) is 5.32 Å². The maximum atomic E-state index is 13.5. The van der Waals surface area contributed by atoms with Crippen molar-refractivity contribution < 1.29 is 72.1 Å². The fraction of sp³-hybridized carbons (Fsp3) is 0.917. The molecule has 0 unspecified atom stereocenters. The predicted octanol–water partition coefficient (Wildman–Crippen LogP) is 3.54. The van der Waals surface area contributed by atoms with Crippen LogP contribution in [0.5, 0.6) is 0 Å². The molecule has 0 aromatic carbocycles. The van der Waals surface area contributed by atoms with Crippen LogP contribution in [0, 0.1) is 0 Å². The molecule has 174 valence electrons. The largest absolute Gasteiger partial charge is 0.480 e. The Morgan fingerprint density at radius 3 is 1.48 bits per heavy atom. The summed E-state index contributed by atoms with van der Waals surface area (Å²) in [7, 11) is 0. The maximum absolute atomic E-state index is 13.5. The molecule has 0 aromatic heterocycles. The number of aliphatic hydroxyl groups excluding tert-OH is 1. The molecule has 0 amide bonds. The van der Waals surface area contributed by atoms with Gasteiger partial charge in [-0.3, -0.25) is 4.79 Å². The summed E-state index contributed by atoms with van der Waals surface area (Å²) in [6, 6.07) is -1.81. The van der Waals surface area contributed by atoms with E-state index in [0.717, 1.165) is 6.92 Å². The number of halogens is 13. The molecule has 0 saturated heterocycles. The number of hydrogen-bond donors (Lipinski definition) is 3. The Balaban J connectivity index is 6.00. The second-order valence-electron chi connectivity index (χ2n) is 5.64. The van der Waals surface area contributed by atoms with Crippen molar-refractivity contribution in [2.45, 2.75) is 61.3 Å². The Morgan fingerprint density at radius 1 is 0.793 bits per heavy atom.